The monoisotopic (exact) mass is 356 g/mol. The third-order valence-electron chi connectivity index (χ3n) is 4.18. The Labute approximate surface area is 131 Å². The van der Waals surface area contributed by atoms with Gasteiger partial charge in [-0.2, -0.15) is 0 Å². The van der Waals surface area contributed by atoms with Gasteiger partial charge in [0, 0.05) is 23.6 Å². The molecule has 0 bridgehead atoms. The van der Waals surface area contributed by atoms with Gasteiger partial charge in [-0.25, -0.2) is 0 Å². The van der Waals surface area contributed by atoms with Crippen LogP contribution in [0, 0.1) is 15.5 Å². The van der Waals surface area contributed by atoms with Gasteiger partial charge >= 0.3 is 5.97 Å². The van der Waals surface area contributed by atoms with Gasteiger partial charge in [-0.1, -0.05) is 22.9 Å². The van der Waals surface area contributed by atoms with Crippen molar-refractivity contribution < 1.29 is 14.8 Å². The number of anilines is 1. The van der Waals surface area contributed by atoms with Crippen molar-refractivity contribution in [1.29, 1.82) is 0 Å². The minimum Gasteiger partial charge on any atom is -0.481 e. The number of carbonyl (C=O) groups is 1. The normalized spacial score (nSPS) is 22.1. The lowest BCUT2D eigenvalue weighted by Crippen LogP contribution is -2.47. The first kappa shape index (κ1) is 15.8. The molecule has 1 heterocycles. The second kappa shape index (κ2) is 6.01. The van der Waals surface area contributed by atoms with Gasteiger partial charge in [0.05, 0.1) is 10.3 Å². The Balaban J connectivity index is 2.38. The Morgan fingerprint density at radius 3 is 2.86 bits per heavy atom. The summed E-state index contributed by atoms with van der Waals surface area (Å²) < 4.78 is 0.634. The molecule has 1 aliphatic heterocycles. The highest BCUT2D eigenvalue weighted by Crippen LogP contribution is 2.39. The van der Waals surface area contributed by atoms with Crippen molar-refractivity contribution in [2.75, 3.05) is 18.0 Å². The SMILES string of the molecule is CCC1(C(=O)O)CCCN(c2ccc(Br)cc2[N+](=O)[O-])C1. The van der Waals surface area contributed by atoms with E-state index in [2.05, 4.69) is 15.9 Å². The molecule has 1 atom stereocenters. The maximum atomic E-state index is 11.6. The fourth-order valence-electron chi connectivity index (χ4n) is 2.86. The van der Waals surface area contributed by atoms with Gasteiger partial charge in [0.25, 0.3) is 5.69 Å². The van der Waals surface area contributed by atoms with E-state index >= 15 is 0 Å². The summed E-state index contributed by atoms with van der Waals surface area (Å²) in [6.45, 7) is 2.80. The highest BCUT2D eigenvalue weighted by atomic mass is 79.9. The van der Waals surface area contributed by atoms with Crippen LogP contribution < -0.4 is 4.90 Å². The number of piperidine rings is 1. The van der Waals surface area contributed by atoms with Crippen LogP contribution in [0.3, 0.4) is 0 Å². The van der Waals surface area contributed by atoms with E-state index in [1.165, 1.54) is 6.07 Å². The van der Waals surface area contributed by atoms with E-state index in [1.54, 1.807) is 12.1 Å². The molecule has 1 unspecified atom stereocenters. The van der Waals surface area contributed by atoms with Gasteiger partial charge < -0.3 is 10.0 Å². The summed E-state index contributed by atoms with van der Waals surface area (Å²) in [6, 6.07) is 4.87. The number of carboxylic acid groups (broad SMARTS) is 1. The van der Waals surface area contributed by atoms with E-state index < -0.39 is 16.3 Å². The molecule has 1 saturated heterocycles. The lowest BCUT2D eigenvalue weighted by atomic mass is 9.77. The molecule has 1 aromatic carbocycles. The Bertz CT molecular complexity index is 578. The van der Waals surface area contributed by atoms with Crippen molar-refractivity contribution in [2.24, 2.45) is 5.41 Å². The first-order valence-corrected chi connectivity index (χ1v) is 7.61. The molecule has 1 aromatic rings. The van der Waals surface area contributed by atoms with Crippen molar-refractivity contribution in [3.8, 4) is 0 Å². The molecule has 1 aliphatic rings. The van der Waals surface area contributed by atoms with Crippen molar-refractivity contribution in [2.45, 2.75) is 26.2 Å². The zero-order valence-corrected chi connectivity index (χ0v) is 13.3. The molecule has 114 valence electrons. The summed E-state index contributed by atoms with van der Waals surface area (Å²) in [5.41, 5.74) is -0.331. The average Bonchev–Trinajstić information content (AvgIpc) is 2.46. The number of hydrogen-bond acceptors (Lipinski definition) is 4. The number of aliphatic carboxylic acids is 1. The standard InChI is InChI=1S/C14H17BrN2O4/c1-2-14(13(18)19)6-3-7-16(9-14)11-5-4-10(15)8-12(11)17(20)21/h4-5,8H,2-3,6-7,9H2,1H3,(H,18,19). The summed E-state index contributed by atoms with van der Waals surface area (Å²) >= 11 is 3.23. The van der Waals surface area contributed by atoms with Gasteiger partial charge in [-0.15, -0.1) is 0 Å². The number of halogens is 1. The molecule has 7 heteroatoms. The van der Waals surface area contributed by atoms with Crippen molar-refractivity contribution >= 4 is 33.3 Å². The van der Waals surface area contributed by atoms with Crippen LogP contribution in [0.25, 0.3) is 0 Å². The van der Waals surface area contributed by atoms with Gasteiger partial charge in [0.2, 0.25) is 0 Å². The maximum Gasteiger partial charge on any atom is 0.311 e. The van der Waals surface area contributed by atoms with Crippen LogP contribution in [0.5, 0.6) is 0 Å². The van der Waals surface area contributed by atoms with Crippen molar-refractivity contribution in [1.82, 2.24) is 0 Å². The first-order chi connectivity index (χ1) is 9.89. The molecule has 1 N–H and O–H groups in total. The van der Waals surface area contributed by atoms with Gasteiger partial charge in [0.15, 0.2) is 0 Å². The third kappa shape index (κ3) is 3.02. The van der Waals surface area contributed by atoms with E-state index in [9.17, 15) is 20.0 Å². The van der Waals surface area contributed by atoms with E-state index in [0.29, 0.717) is 42.5 Å². The summed E-state index contributed by atoms with van der Waals surface area (Å²) in [7, 11) is 0. The summed E-state index contributed by atoms with van der Waals surface area (Å²) in [4.78, 5) is 24.2. The van der Waals surface area contributed by atoms with E-state index in [4.69, 9.17) is 0 Å². The van der Waals surface area contributed by atoms with Gasteiger partial charge in [-0.05, 0) is 31.4 Å². The summed E-state index contributed by atoms with van der Waals surface area (Å²) in [5, 5.41) is 20.7. The number of rotatable bonds is 4. The number of nitro groups is 1. The molecular formula is C14H17BrN2O4. The molecule has 0 amide bonds. The third-order valence-corrected chi connectivity index (χ3v) is 4.68. The quantitative estimate of drug-likeness (QED) is 0.659. The van der Waals surface area contributed by atoms with Gasteiger partial charge in [-0.3, -0.25) is 14.9 Å². The Morgan fingerprint density at radius 1 is 1.57 bits per heavy atom. The van der Waals surface area contributed by atoms with Crippen LogP contribution in [0.4, 0.5) is 11.4 Å². The number of hydrogen-bond donors (Lipinski definition) is 1. The molecule has 0 aromatic heterocycles. The molecule has 0 aliphatic carbocycles. The lowest BCUT2D eigenvalue weighted by Gasteiger charge is -2.40. The zero-order valence-electron chi connectivity index (χ0n) is 11.7. The van der Waals surface area contributed by atoms with Crippen LogP contribution in [-0.4, -0.2) is 29.1 Å². The molecule has 1 fully saturated rings. The smallest absolute Gasteiger partial charge is 0.311 e. The number of benzene rings is 1. The molecule has 6 nitrogen and oxygen atoms in total. The van der Waals surface area contributed by atoms with Crippen molar-refractivity contribution in [3.05, 3.63) is 32.8 Å². The Morgan fingerprint density at radius 2 is 2.29 bits per heavy atom. The predicted octanol–water partition coefficient (Wildman–Crippen LogP) is 3.44. The fraction of sp³-hybridized carbons (Fsp3) is 0.500. The Hall–Kier alpha value is -1.63. The second-order valence-electron chi connectivity index (χ2n) is 5.35. The molecule has 21 heavy (non-hydrogen) atoms. The van der Waals surface area contributed by atoms with Crippen LogP contribution in [-0.2, 0) is 4.79 Å². The molecule has 2 rings (SSSR count). The zero-order chi connectivity index (χ0) is 15.6. The molecular weight excluding hydrogens is 340 g/mol. The largest absolute Gasteiger partial charge is 0.481 e. The number of nitrogens with zero attached hydrogens (tertiary/aromatic N) is 2. The highest BCUT2D eigenvalue weighted by molar-refractivity contribution is 9.10. The predicted molar refractivity (Wildman–Crippen MR) is 82.6 cm³/mol. The van der Waals surface area contributed by atoms with E-state index in [-0.39, 0.29) is 5.69 Å². The average molecular weight is 357 g/mol. The van der Waals surface area contributed by atoms with Crippen LogP contribution in [0.15, 0.2) is 22.7 Å². The van der Waals surface area contributed by atoms with Crippen molar-refractivity contribution in [3.63, 3.8) is 0 Å². The minimum atomic E-state index is -0.825. The van der Waals surface area contributed by atoms with E-state index in [1.807, 2.05) is 11.8 Å². The minimum absolute atomic E-state index is 0.00154. The second-order valence-corrected chi connectivity index (χ2v) is 6.27. The number of nitro benzene ring substituents is 1. The summed E-state index contributed by atoms with van der Waals surface area (Å²) in [6.07, 6.45) is 1.84. The maximum absolute atomic E-state index is 11.6. The molecule has 0 spiro atoms. The Kier molecular flexibility index (Phi) is 4.51. The summed E-state index contributed by atoms with van der Waals surface area (Å²) in [5.74, 6) is -0.825. The van der Waals surface area contributed by atoms with Crippen LogP contribution >= 0.6 is 15.9 Å². The number of carboxylic acids is 1. The van der Waals surface area contributed by atoms with Gasteiger partial charge in [0.1, 0.15) is 5.69 Å². The topological polar surface area (TPSA) is 83.7 Å². The van der Waals surface area contributed by atoms with E-state index in [0.717, 1.165) is 0 Å². The van der Waals surface area contributed by atoms with Crippen LogP contribution in [0.1, 0.15) is 26.2 Å². The first-order valence-electron chi connectivity index (χ1n) is 6.82. The molecule has 0 radical (unpaired) electrons. The molecule has 0 saturated carbocycles. The fourth-order valence-corrected chi connectivity index (χ4v) is 3.21. The highest BCUT2D eigenvalue weighted by Gasteiger charge is 2.41. The van der Waals surface area contributed by atoms with Crippen LogP contribution in [0.2, 0.25) is 0 Å². The lowest BCUT2D eigenvalue weighted by molar-refractivity contribution is -0.384.